The van der Waals surface area contributed by atoms with Gasteiger partial charge in [0.2, 0.25) is 0 Å². The largest absolute Gasteiger partial charge is 0.508 e. The fourth-order valence-corrected chi connectivity index (χ4v) is 0.932. The maximum absolute atomic E-state index is 13.0. The number of carbonyl (C=O) groups excluding carboxylic acids is 1. The van der Waals surface area contributed by atoms with Crippen molar-refractivity contribution in [1.82, 2.24) is 0 Å². The zero-order valence-electron chi connectivity index (χ0n) is 7.38. The summed E-state index contributed by atoms with van der Waals surface area (Å²) >= 11 is 0. The van der Waals surface area contributed by atoms with E-state index in [4.69, 9.17) is 5.11 Å². The molecule has 0 amide bonds. The van der Waals surface area contributed by atoms with E-state index in [0.29, 0.717) is 6.07 Å². The Morgan fingerprint density at radius 2 is 2.14 bits per heavy atom. The predicted molar refractivity (Wildman–Crippen MR) is 44.0 cm³/mol. The molecular formula is C9H8F2O3. The van der Waals surface area contributed by atoms with Gasteiger partial charge >= 0.3 is 5.97 Å². The van der Waals surface area contributed by atoms with Crippen molar-refractivity contribution in [3.8, 4) is 5.75 Å². The van der Waals surface area contributed by atoms with Gasteiger partial charge in [0.1, 0.15) is 11.3 Å². The van der Waals surface area contributed by atoms with Gasteiger partial charge in [-0.1, -0.05) is 0 Å². The van der Waals surface area contributed by atoms with Crippen LogP contribution in [0.4, 0.5) is 8.78 Å². The standard InChI is InChI=1S/C9H8F2O3/c1-2-14-9(13)6-3-5(12)4-7(10)8(6)11/h3-4,12H,2H2,1H3. The first-order valence-corrected chi connectivity index (χ1v) is 3.91. The summed E-state index contributed by atoms with van der Waals surface area (Å²) in [5.41, 5.74) is -0.607. The summed E-state index contributed by atoms with van der Waals surface area (Å²) in [6.07, 6.45) is 0. The molecule has 0 aliphatic rings. The van der Waals surface area contributed by atoms with Crippen LogP contribution in [0.5, 0.6) is 5.75 Å². The summed E-state index contributed by atoms with van der Waals surface area (Å²) in [6.45, 7) is 1.59. The third-order valence-corrected chi connectivity index (χ3v) is 1.51. The van der Waals surface area contributed by atoms with E-state index in [-0.39, 0.29) is 6.61 Å². The fraction of sp³-hybridized carbons (Fsp3) is 0.222. The van der Waals surface area contributed by atoms with Crippen molar-refractivity contribution in [2.75, 3.05) is 6.61 Å². The molecule has 0 spiro atoms. The van der Waals surface area contributed by atoms with Crippen LogP contribution in [0.3, 0.4) is 0 Å². The zero-order valence-corrected chi connectivity index (χ0v) is 7.38. The summed E-state index contributed by atoms with van der Waals surface area (Å²) < 4.78 is 30.1. The molecule has 5 heteroatoms. The number of carbonyl (C=O) groups is 1. The Kier molecular flexibility index (Phi) is 3.01. The van der Waals surface area contributed by atoms with Gasteiger partial charge in [0, 0.05) is 6.07 Å². The normalized spacial score (nSPS) is 9.93. The predicted octanol–water partition coefficient (Wildman–Crippen LogP) is 1.85. The highest BCUT2D eigenvalue weighted by Gasteiger charge is 2.17. The van der Waals surface area contributed by atoms with Gasteiger partial charge in [0.05, 0.1) is 6.61 Å². The van der Waals surface area contributed by atoms with Crippen molar-refractivity contribution in [2.24, 2.45) is 0 Å². The van der Waals surface area contributed by atoms with Crippen molar-refractivity contribution in [3.63, 3.8) is 0 Å². The lowest BCUT2D eigenvalue weighted by Crippen LogP contribution is -2.08. The quantitative estimate of drug-likeness (QED) is 0.744. The molecule has 0 unspecified atom stereocenters. The Morgan fingerprint density at radius 3 is 2.71 bits per heavy atom. The molecule has 1 aromatic rings. The molecule has 1 rings (SSSR count). The Balaban J connectivity index is 3.13. The minimum absolute atomic E-state index is 0.0511. The topological polar surface area (TPSA) is 46.5 Å². The van der Waals surface area contributed by atoms with Crippen LogP contribution in [0.15, 0.2) is 12.1 Å². The summed E-state index contributed by atoms with van der Waals surface area (Å²) in [6, 6.07) is 1.40. The molecule has 0 heterocycles. The maximum atomic E-state index is 13.0. The number of phenolic OH excluding ortho intramolecular Hbond substituents is 1. The SMILES string of the molecule is CCOC(=O)c1cc(O)cc(F)c1F. The van der Waals surface area contributed by atoms with Gasteiger partial charge in [0.15, 0.2) is 11.6 Å². The molecule has 1 N–H and O–H groups in total. The second kappa shape index (κ2) is 4.04. The highest BCUT2D eigenvalue weighted by Crippen LogP contribution is 2.19. The lowest BCUT2D eigenvalue weighted by molar-refractivity contribution is 0.0519. The van der Waals surface area contributed by atoms with Crippen LogP contribution >= 0.6 is 0 Å². The molecule has 0 aliphatic heterocycles. The molecule has 0 aliphatic carbocycles. The van der Waals surface area contributed by atoms with Gasteiger partial charge < -0.3 is 9.84 Å². The van der Waals surface area contributed by atoms with Crippen LogP contribution < -0.4 is 0 Å². The van der Waals surface area contributed by atoms with E-state index < -0.39 is 28.9 Å². The molecule has 0 radical (unpaired) electrons. The summed E-state index contributed by atoms with van der Waals surface area (Å²) in [4.78, 5) is 11.0. The molecule has 14 heavy (non-hydrogen) atoms. The van der Waals surface area contributed by atoms with Crippen molar-refractivity contribution >= 4 is 5.97 Å². The van der Waals surface area contributed by atoms with Crippen molar-refractivity contribution < 1.29 is 23.4 Å². The summed E-state index contributed by atoms with van der Waals surface area (Å²) in [5.74, 6) is -4.12. The number of halogens is 2. The van der Waals surface area contributed by atoms with Gasteiger partial charge in [-0.3, -0.25) is 0 Å². The van der Waals surface area contributed by atoms with E-state index in [0.717, 1.165) is 6.07 Å². The van der Waals surface area contributed by atoms with Crippen LogP contribution in [0.2, 0.25) is 0 Å². The van der Waals surface area contributed by atoms with E-state index in [1.807, 2.05) is 0 Å². The van der Waals surface area contributed by atoms with Gasteiger partial charge in [-0.15, -0.1) is 0 Å². The van der Waals surface area contributed by atoms with E-state index in [9.17, 15) is 13.6 Å². The number of hydrogen-bond acceptors (Lipinski definition) is 3. The average Bonchev–Trinajstić information content (AvgIpc) is 2.11. The lowest BCUT2D eigenvalue weighted by atomic mass is 10.2. The smallest absolute Gasteiger partial charge is 0.341 e. The number of esters is 1. The first-order chi connectivity index (χ1) is 6.56. The molecule has 3 nitrogen and oxygen atoms in total. The van der Waals surface area contributed by atoms with Gasteiger partial charge in [-0.05, 0) is 13.0 Å². The molecule has 0 aromatic heterocycles. The monoisotopic (exact) mass is 202 g/mol. The van der Waals surface area contributed by atoms with Crippen LogP contribution in [-0.2, 0) is 4.74 Å². The van der Waals surface area contributed by atoms with E-state index in [2.05, 4.69) is 4.74 Å². The molecule has 1 aromatic carbocycles. The number of aromatic hydroxyl groups is 1. The highest BCUT2D eigenvalue weighted by atomic mass is 19.2. The minimum atomic E-state index is -1.32. The van der Waals surface area contributed by atoms with E-state index >= 15 is 0 Å². The third kappa shape index (κ3) is 1.99. The van der Waals surface area contributed by atoms with Crippen LogP contribution in [0, 0.1) is 11.6 Å². The number of phenols is 1. The maximum Gasteiger partial charge on any atom is 0.341 e. The zero-order chi connectivity index (χ0) is 10.7. The van der Waals surface area contributed by atoms with Crippen LogP contribution in [-0.4, -0.2) is 17.7 Å². The Morgan fingerprint density at radius 1 is 1.50 bits per heavy atom. The molecule has 0 atom stereocenters. The van der Waals surface area contributed by atoms with Crippen LogP contribution in [0.1, 0.15) is 17.3 Å². The Hall–Kier alpha value is -1.65. The second-order valence-corrected chi connectivity index (χ2v) is 2.51. The van der Waals surface area contributed by atoms with Gasteiger partial charge in [-0.25, -0.2) is 13.6 Å². The molecule has 76 valence electrons. The molecule has 0 saturated carbocycles. The van der Waals surface area contributed by atoms with Crippen molar-refractivity contribution in [1.29, 1.82) is 0 Å². The average molecular weight is 202 g/mol. The molecular weight excluding hydrogens is 194 g/mol. The first kappa shape index (κ1) is 10.4. The minimum Gasteiger partial charge on any atom is -0.508 e. The van der Waals surface area contributed by atoms with Crippen molar-refractivity contribution in [3.05, 3.63) is 29.3 Å². The Labute approximate surface area is 78.9 Å². The van der Waals surface area contributed by atoms with E-state index in [1.54, 1.807) is 0 Å². The number of benzene rings is 1. The number of hydrogen-bond donors (Lipinski definition) is 1. The highest BCUT2D eigenvalue weighted by molar-refractivity contribution is 5.90. The molecule has 0 bridgehead atoms. The van der Waals surface area contributed by atoms with E-state index in [1.165, 1.54) is 6.92 Å². The Bertz CT molecular complexity index is 363. The van der Waals surface area contributed by atoms with Crippen LogP contribution in [0.25, 0.3) is 0 Å². The molecule has 0 saturated heterocycles. The summed E-state index contributed by atoms with van der Waals surface area (Å²) in [7, 11) is 0. The fourth-order valence-electron chi connectivity index (χ4n) is 0.932. The first-order valence-electron chi connectivity index (χ1n) is 3.91. The van der Waals surface area contributed by atoms with Crippen molar-refractivity contribution in [2.45, 2.75) is 6.92 Å². The number of rotatable bonds is 2. The second-order valence-electron chi connectivity index (χ2n) is 2.51. The number of ether oxygens (including phenoxy) is 1. The van der Waals surface area contributed by atoms with Gasteiger partial charge in [0.25, 0.3) is 0 Å². The lowest BCUT2D eigenvalue weighted by Gasteiger charge is -2.04. The summed E-state index contributed by atoms with van der Waals surface area (Å²) in [5, 5.41) is 8.92. The van der Waals surface area contributed by atoms with Gasteiger partial charge in [-0.2, -0.15) is 0 Å². The molecule has 0 fully saturated rings. The third-order valence-electron chi connectivity index (χ3n) is 1.51.